The average molecular weight is 152 g/mol. The van der Waals surface area contributed by atoms with Crippen LogP contribution in [0.5, 0.6) is 0 Å². The number of hydrogen-bond acceptors (Lipinski definition) is 1. The minimum atomic E-state index is 0.0821. The molecule has 0 aliphatic carbocycles. The molecule has 0 aromatic carbocycles. The van der Waals surface area contributed by atoms with Gasteiger partial charge >= 0.3 is 0 Å². The maximum atomic E-state index is 11.0. The molecule has 0 bridgehead atoms. The van der Waals surface area contributed by atoms with Gasteiger partial charge in [0.05, 0.1) is 0 Å². The van der Waals surface area contributed by atoms with E-state index in [-0.39, 0.29) is 5.78 Å². The Hall–Kier alpha value is -0.850. The summed E-state index contributed by atoms with van der Waals surface area (Å²) in [7, 11) is 0. The molecular weight excluding hydrogens is 136 g/mol. The second kappa shape index (κ2) is 4.89. The van der Waals surface area contributed by atoms with Gasteiger partial charge in [-0.05, 0) is 31.9 Å². The van der Waals surface area contributed by atoms with Crippen molar-refractivity contribution in [2.24, 2.45) is 5.92 Å². The Bertz CT molecular complexity index is 185. The lowest BCUT2D eigenvalue weighted by molar-refractivity contribution is -0.110. The summed E-state index contributed by atoms with van der Waals surface area (Å²) in [6, 6.07) is 0. The summed E-state index contributed by atoms with van der Waals surface area (Å²) in [5.41, 5.74) is 1.13. The molecule has 1 heteroatoms. The van der Waals surface area contributed by atoms with Gasteiger partial charge in [-0.25, -0.2) is 0 Å². The van der Waals surface area contributed by atoms with E-state index in [2.05, 4.69) is 13.8 Å². The minimum absolute atomic E-state index is 0.0821. The average Bonchev–Trinajstić information content (AvgIpc) is 1.87. The number of rotatable bonds is 3. The minimum Gasteiger partial charge on any atom is -0.290 e. The van der Waals surface area contributed by atoms with Gasteiger partial charge in [0, 0.05) is 0 Å². The van der Waals surface area contributed by atoms with E-state index in [0.717, 1.165) is 5.57 Å². The molecule has 0 saturated heterocycles. The first-order valence-corrected chi connectivity index (χ1v) is 3.92. The summed E-state index contributed by atoms with van der Waals surface area (Å²) in [6.07, 6.45) is 5.02. The van der Waals surface area contributed by atoms with Crippen molar-refractivity contribution in [3.8, 4) is 0 Å². The number of carbonyl (C=O) groups excluding carboxylic acids is 1. The summed E-state index contributed by atoms with van der Waals surface area (Å²) in [6.45, 7) is 7.98. The molecule has 0 fully saturated rings. The number of carbonyl (C=O) groups is 1. The Kier molecular flexibility index (Phi) is 4.51. The van der Waals surface area contributed by atoms with Gasteiger partial charge in [-0.15, -0.1) is 0 Å². The second-order valence-corrected chi connectivity index (χ2v) is 2.95. The molecule has 11 heavy (non-hydrogen) atoms. The lowest BCUT2D eigenvalue weighted by Crippen LogP contribution is -1.93. The van der Waals surface area contributed by atoms with Crippen LogP contribution in [0.25, 0.3) is 0 Å². The Balaban J connectivity index is 4.19. The second-order valence-electron chi connectivity index (χ2n) is 2.95. The third-order valence-corrected chi connectivity index (χ3v) is 1.61. The molecule has 0 aliphatic rings. The van der Waals surface area contributed by atoms with Crippen LogP contribution >= 0.6 is 0 Å². The molecule has 62 valence electrons. The summed E-state index contributed by atoms with van der Waals surface area (Å²) in [5, 5.41) is 0. The van der Waals surface area contributed by atoms with Crippen molar-refractivity contribution in [3.63, 3.8) is 0 Å². The molecule has 0 N–H and O–H groups in total. The first-order valence-electron chi connectivity index (χ1n) is 3.92. The lowest BCUT2D eigenvalue weighted by atomic mass is 10.0. The van der Waals surface area contributed by atoms with Crippen LogP contribution in [0.15, 0.2) is 23.8 Å². The van der Waals surface area contributed by atoms with Crippen LogP contribution in [0.1, 0.15) is 27.7 Å². The highest BCUT2D eigenvalue weighted by atomic mass is 16.1. The zero-order valence-corrected chi connectivity index (χ0v) is 7.72. The van der Waals surface area contributed by atoms with Crippen molar-refractivity contribution in [2.75, 3.05) is 0 Å². The lowest BCUT2D eigenvalue weighted by Gasteiger charge is -2.01. The molecule has 0 spiro atoms. The molecule has 0 atom stereocenters. The molecule has 0 aliphatic heterocycles. The molecule has 0 unspecified atom stereocenters. The van der Waals surface area contributed by atoms with E-state index >= 15 is 0 Å². The summed E-state index contributed by atoms with van der Waals surface area (Å²) < 4.78 is 0. The highest BCUT2D eigenvalue weighted by Gasteiger charge is 1.97. The van der Waals surface area contributed by atoms with Crippen LogP contribution < -0.4 is 0 Å². The first kappa shape index (κ1) is 10.2. The van der Waals surface area contributed by atoms with Gasteiger partial charge in [0.25, 0.3) is 0 Å². The molecule has 0 aromatic heterocycles. The molecular formula is C10H16O. The fraction of sp³-hybridized carbons (Fsp3) is 0.500. The predicted octanol–water partition coefficient (Wildman–Crippen LogP) is 2.73. The molecule has 0 amide bonds. The Morgan fingerprint density at radius 3 is 2.27 bits per heavy atom. The van der Waals surface area contributed by atoms with Crippen molar-refractivity contribution in [1.82, 2.24) is 0 Å². The van der Waals surface area contributed by atoms with Gasteiger partial charge in [-0.2, -0.15) is 0 Å². The predicted molar refractivity (Wildman–Crippen MR) is 48.4 cm³/mol. The van der Waals surface area contributed by atoms with Gasteiger partial charge in [-0.1, -0.05) is 25.5 Å². The first-order chi connectivity index (χ1) is 5.07. The van der Waals surface area contributed by atoms with Gasteiger partial charge in [0.2, 0.25) is 0 Å². The molecule has 1 nitrogen and oxygen atoms in total. The van der Waals surface area contributed by atoms with Crippen LogP contribution in [0.2, 0.25) is 0 Å². The standard InChI is InChI=1S/C10H16O/c1-5-6-10(11)7-9(4)8(2)3/h5-8H,1-4H3/b6-5+,9-7-. The van der Waals surface area contributed by atoms with E-state index < -0.39 is 0 Å². The van der Waals surface area contributed by atoms with Gasteiger partial charge in [0.15, 0.2) is 5.78 Å². The Morgan fingerprint density at radius 1 is 1.36 bits per heavy atom. The summed E-state index contributed by atoms with van der Waals surface area (Å²) in [4.78, 5) is 11.0. The molecule has 0 rings (SSSR count). The van der Waals surface area contributed by atoms with Gasteiger partial charge < -0.3 is 0 Å². The monoisotopic (exact) mass is 152 g/mol. The number of hydrogen-bond donors (Lipinski definition) is 0. The molecule has 0 saturated carbocycles. The summed E-state index contributed by atoms with van der Waals surface area (Å²) >= 11 is 0. The van der Waals surface area contributed by atoms with Crippen molar-refractivity contribution in [1.29, 1.82) is 0 Å². The quantitative estimate of drug-likeness (QED) is 0.568. The van der Waals surface area contributed by atoms with Gasteiger partial charge in [0.1, 0.15) is 0 Å². The van der Waals surface area contributed by atoms with Crippen molar-refractivity contribution in [2.45, 2.75) is 27.7 Å². The highest BCUT2D eigenvalue weighted by Crippen LogP contribution is 2.07. The molecule has 0 heterocycles. The maximum Gasteiger partial charge on any atom is 0.178 e. The fourth-order valence-corrected chi connectivity index (χ4v) is 0.603. The third-order valence-electron chi connectivity index (χ3n) is 1.61. The van der Waals surface area contributed by atoms with Crippen LogP contribution in [0.4, 0.5) is 0 Å². The maximum absolute atomic E-state index is 11.0. The largest absolute Gasteiger partial charge is 0.290 e. The van der Waals surface area contributed by atoms with E-state index in [1.165, 1.54) is 0 Å². The van der Waals surface area contributed by atoms with Crippen molar-refractivity contribution >= 4 is 5.78 Å². The van der Waals surface area contributed by atoms with Crippen LogP contribution in [-0.2, 0) is 4.79 Å². The van der Waals surface area contributed by atoms with Crippen molar-refractivity contribution in [3.05, 3.63) is 23.8 Å². The normalized spacial score (nSPS) is 13.0. The smallest absolute Gasteiger partial charge is 0.178 e. The Labute approximate surface area is 68.8 Å². The Morgan fingerprint density at radius 2 is 1.91 bits per heavy atom. The van der Waals surface area contributed by atoms with Gasteiger partial charge in [-0.3, -0.25) is 4.79 Å². The summed E-state index contributed by atoms with van der Waals surface area (Å²) in [5.74, 6) is 0.544. The van der Waals surface area contributed by atoms with E-state index in [9.17, 15) is 4.79 Å². The van der Waals surface area contributed by atoms with Crippen LogP contribution in [-0.4, -0.2) is 5.78 Å². The van der Waals surface area contributed by atoms with Crippen LogP contribution in [0, 0.1) is 5.92 Å². The number of ketones is 1. The number of allylic oxidation sites excluding steroid dienone is 4. The molecule has 0 radical (unpaired) electrons. The SMILES string of the molecule is C/C=C/C(=O)/C=C(/C)C(C)C. The zero-order valence-electron chi connectivity index (χ0n) is 7.72. The van der Waals surface area contributed by atoms with E-state index in [4.69, 9.17) is 0 Å². The third kappa shape index (κ3) is 4.54. The van der Waals surface area contributed by atoms with Crippen molar-refractivity contribution < 1.29 is 4.79 Å². The topological polar surface area (TPSA) is 17.1 Å². The van der Waals surface area contributed by atoms with E-state index in [0.29, 0.717) is 5.92 Å². The van der Waals surface area contributed by atoms with E-state index in [1.54, 1.807) is 18.2 Å². The van der Waals surface area contributed by atoms with Crippen LogP contribution in [0.3, 0.4) is 0 Å². The molecule has 0 aromatic rings. The fourth-order valence-electron chi connectivity index (χ4n) is 0.603. The van der Waals surface area contributed by atoms with E-state index in [1.807, 2.05) is 13.8 Å². The zero-order chi connectivity index (χ0) is 8.85. The highest BCUT2D eigenvalue weighted by molar-refractivity contribution is 5.99.